The molecule has 3 rings (SSSR count). The number of hydrogen-bond donors (Lipinski definition) is 3. The van der Waals surface area contributed by atoms with Crippen LogP contribution in [0.25, 0.3) is 0 Å². The van der Waals surface area contributed by atoms with E-state index in [9.17, 15) is 9.59 Å². The highest BCUT2D eigenvalue weighted by molar-refractivity contribution is 6.05. The monoisotopic (exact) mass is 429 g/mol. The standard InChI is InChI=1S/C23H27N3O3.ClH/c1-2-11-25-22(24)17-5-7-18(8-6-17)23(29)26-20-10-9-16-4-3-15(13-21(27)28)12-19(16)14-20;/h5-10,14-15H,2-4,11-13H2,1H3,(H2,24,25)(H,26,29)(H,27,28);1H. The number of aliphatic imine (C=N–C) groups is 1. The number of amidine groups is 1. The lowest BCUT2D eigenvalue weighted by Gasteiger charge is -2.24. The molecule has 0 saturated carbocycles. The highest BCUT2D eigenvalue weighted by atomic mass is 35.5. The van der Waals surface area contributed by atoms with Crippen LogP contribution >= 0.6 is 12.4 Å². The van der Waals surface area contributed by atoms with Crippen LogP contribution in [0.4, 0.5) is 5.69 Å². The summed E-state index contributed by atoms with van der Waals surface area (Å²) in [5.74, 6) is -0.326. The van der Waals surface area contributed by atoms with Crippen molar-refractivity contribution in [3.8, 4) is 0 Å². The number of halogens is 1. The molecular weight excluding hydrogens is 402 g/mol. The number of rotatable bonds is 7. The summed E-state index contributed by atoms with van der Waals surface area (Å²) in [6.07, 6.45) is 3.62. The predicted octanol–water partition coefficient (Wildman–Crippen LogP) is 4.06. The topological polar surface area (TPSA) is 105 Å². The Balaban J connectivity index is 0.00000320. The van der Waals surface area contributed by atoms with Gasteiger partial charge in [0.15, 0.2) is 0 Å². The Morgan fingerprint density at radius 3 is 2.50 bits per heavy atom. The number of nitrogens with two attached hydrogens (primary N) is 1. The molecule has 0 radical (unpaired) electrons. The second-order valence-corrected chi connectivity index (χ2v) is 7.49. The maximum Gasteiger partial charge on any atom is 0.303 e. The molecular formula is C23H28ClN3O3. The van der Waals surface area contributed by atoms with Gasteiger partial charge in [-0.2, -0.15) is 0 Å². The van der Waals surface area contributed by atoms with Gasteiger partial charge in [-0.1, -0.05) is 25.1 Å². The van der Waals surface area contributed by atoms with Crippen LogP contribution in [0.3, 0.4) is 0 Å². The number of fused-ring (bicyclic) bond motifs is 1. The molecule has 7 heteroatoms. The van der Waals surface area contributed by atoms with Gasteiger partial charge < -0.3 is 16.2 Å². The third-order valence-corrected chi connectivity index (χ3v) is 5.21. The summed E-state index contributed by atoms with van der Waals surface area (Å²) in [7, 11) is 0. The van der Waals surface area contributed by atoms with Gasteiger partial charge in [-0.25, -0.2) is 0 Å². The number of carbonyl (C=O) groups is 2. The molecule has 2 aromatic rings. The van der Waals surface area contributed by atoms with Gasteiger partial charge in [0.2, 0.25) is 0 Å². The van der Waals surface area contributed by atoms with E-state index in [1.54, 1.807) is 24.3 Å². The van der Waals surface area contributed by atoms with Crippen LogP contribution in [0.2, 0.25) is 0 Å². The van der Waals surface area contributed by atoms with Crippen LogP contribution in [-0.4, -0.2) is 29.4 Å². The van der Waals surface area contributed by atoms with E-state index in [4.69, 9.17) is 10.8 Å². The summed E-state index contributed by atoms with van der Waals surface area (Å²) in [5, 5.41) is 12.0. The van der Waals surface area contributed by atoms with E-state index in [-0.39, 0.29) is 30.7 Å². The van der Waals surface area contributed by atoms with E-state index in [2.05, 4.69) is 10.3 Å². The smallest absolute Gasteiger partial charge is 0.303 e. The predicted molar refractivity (Wildman–Crippen MR) is 122 cm³/mol. The minimum atomic E-state index is -0.758. The van der Waals surface area contributed by atoms with Crippen LogP contribution in [0, 0.1) is 5.92 Å². The van der Waals surface area contributed by atoms with Crippen molar-refractivity contribution in [3.05, 3.63) is 64.7 Å². The van der Waals surface area contributed by atoms with Gasteiger partial charge in [0, 0.05) is 29.8 Å². The summed E-state index contributed by atoms with van der Waals surface area (Å²) < 4.78 is 0. The number of anilines is 1. The first-order valence-electron chi connectivity index (χ1n) is 10.0. The first-order valence-corrected chi connectivity index (χ1v) is 10.0. The quantitative estimate of drug-likeness (QED) is 0.456. The number of nitrogens with zero attached hydrogens (tertiary/aromatic N) is 1. The molecule has 30 heavy (non-hydrogen) atoms. The Labute approximate surface area is 183 Å². The molecule has 6 nitrogen and oxygen atoms in total. The van der Waals surface area contributed by atoms with Gasteiger partial charge in [-0.05, 0) is 67.0 Å². The van der Waals surface area contributed by atoms with E-state index >= 15 is 0 Å². The lowest BCUT2D eigenvalue weighted by Crippen LogP contribution is -2.18. The molecule has 0 heterocycles. The number of hydrogen-bond acceptors (Lipinski definition) is 3. The fraction of sp³-hybridized carbons (Fsp3) is 0.348. The van der Waals surface area contributed by atoms with Gasteiger partial charge >= 0.3 is 5.97 Å². The number of amides is 1. The minimum absolute atomic E-state index is 0. The summed E-state index contributed by atoms with van der Waals surface area (Å²) in [5.41, 5.74) is 10.4. The molecule has 4 N–H and O–H groups in total. The fourth-order valence-corrected chi connectivity index (χ4v) is 3.65. The van der Waals surface area contributed by atoms with Crippen LogP contribution < -0.4 is 11.1 Å². The van der Waals surface area contributed by atoms with Crippen LogP contribution in [0.15, 0.2) is 47.5 Å². The average Bonchev–Trinajstić information content (AvgIpc) is 2.71. The van der Waals surface area contributed by atoms with Crippen LogP contribution in [0.1, 0.15) is 53.2 Å². The lowest BCUT2D eigenvalue weighted by molar-refractivity contribution is -0.138. The van der Waals surface area contributed by atoms with E-state index < -0.39 is 5.97 Å². The molecule has 1 amide bonds. The van der Waals surface area contributed by atoms with Crippen molar-refractivity contribution >= 4 is 35.8 Å². The Kier molecular flexibility index (Phi) is 8.42. The molecule has 1 atom stereocenters. The SMILES string of the molecule is CCCN=C(N)c1ccc(C(=O)Nc2ccc3c(c2)CC(CC(=O)O)CC3)cc1.Cl. The zero-order valence-corrected chi connectivity index (χ0v) is 17.9. The van der Waals surface area contributed by atoms with Crippen molar-refractivity contribution in [2.75, 3.05) is 11.9 Å². The van der Waals surface area contributed by atoms with E-state index in [1.807, 2.05) is 25.1 Å². The van der Waals surface area contributed by atoms with Crippen LogP contribution in [-0.2, 0) is 17.6 Å². The normalized spacial score (nSPS) is 15.6. The molecule has 160 valence electrons. The number of nitrogens with one attached hydrogen (secondary N) is 1. The molecule has 1 aliphatic rings. The van der Waals surface area contributed by atoms with Crippen molar-refractivity contribution < 1.29 is 14.7 Å². The second-order valence-electron chi connectivity index (χ2n) is 7.49. The van der Waals surface area contributed by atoms with E-state index in [0.717, 1.165) is 42.5 Å². The van der Waals surface area contributed by atoms with Crippen LogP contribution in [0.5, 0.6) is 0 Å². The number of carbonyl (C=O) groups excluding carboxylic acids is 1. The van der Waals surface area contributed by atoms with Crippen molar-refractivity contribution in [2.24, 2.45) is 16.6 Å². The maximum absolute atomic E-state index is 12.6. The molecule has 0 saturated heterocycles. The highest BCUT2D eigenvalue weighted by Crippen LogP contribution is 2.29. The molecule has 0 spiro atoms. The van der Waals surface area contributed by atoms with Gasteiger partial charge in [0.1, 0.15) is 5.84 Å². The van der Waals surface area contributed by atoms with Gasteiger partial charge in [-0.3, -0.25) is 14.6 Å². The number of benzene rings is 2. The number of carboxylic acid groups (broad SMARTS) is 1. The number of aliphatic carboxylic acids is 1. The summed E-state index contributed by atoms with van der Waals surface area (Å²) in [4.78, 5) is 27.9. The van der Waals surface area contributed by atoms with Gasteiger partial charge in [-0.15, -0.1) is 12.4 Å². The molecule has 1 aliphatic carbocycles. The Morgan fingerprint density at radius 2 is 1.83 bits per heavy atom. The Bertz CT molecular complexity index is 926. The second kappa shape index (κ2) is 10.8. The third kappa shape index (κ3) is 6.07. The highest BCUT2D eigenvalue weighted by Gasteiger charge is 2.21. The molecule has 1 unspecified atom stereocenters. The first kappa shape index (κ1) is 23.4. The molecule has 2 aromatic carbocycles. The summed E-state index contributed by atoms with van der Waals surface area (Å²) in [6.45, 7) is 2.72. The average molecular weight is 430 g/mol. The largest absolute Gasteiger partial charge is 0.481 e. The molecule has 0 fully saturated rings. The fourth-order valence-electron chi connectivity index (χ4n) is 3.65. The van der Waals surface area contributed by atoms with E-state index in [1.165, 1.54) is 5.56 Å². The Morgan fingerprint density at radius 1 is 1.13 bits per heavy atom. The first-order chi connectivity index (χ1) is 14.0. The van der Waals surface area contributed by atoms with Gasteiger partial charge in [0.25, 0.3) is 5.91 Å². The molecule has 0 bridgehead atoms. The lowest BCUT2D eigenvalue weighted by atomic mass is 9.82. The maximum atomic E-state index is 12.6. The van der Waals surface area contributed by atoms with E-state index in [0.29, 0.717) is 17.9 Å². The van der Waals surface area contributed by atoms with Crippen molar-refractivity contribution in [2.45, 2.75) is 39.0 Å². The number of carboxylic acids is 1. The van der Waals surface area contributed by atoms with Crippen molar-refractivity contribution in [3.63, 3.8) is 0 Å². The van der Waals surface area contributed by atoms with Crippen molar-refractivity contribution in [1.29, 1.82) is 0 Å². The zero-order chi connectivity index (χ0) is 20.8. The summed E-state index contributed by atoms with van der Waals surface area (Å²) in [6, 6.07) is 13.0. The number of aryl methyl sites for hydroxylation is 1. The van der Waals surface area contributed by atoms with Crippen molar-refractivity contribution in [1.82, 2.24) is 0 Å². The third-order valence-electron chi connectivity index (χ3n) is 5.21. The molecule has 0 aromatic heterocycles. The molecule has 0 aliphatic heterocycles. The Hall–Kier alpha value is -2.86. The zero-order valence-electron chi connectivity index (χ0n) is 17.1. The summed E-state index contributed by atoms with van der Waals surface area (Å²) >= 11 is 0. The minimum Gasteiger partial charge on any atom is -0.481 e. The van der Waals surface area contributed by atoms with Gasteiger partial charge in [0.05, 0.1) is 0 Å².